The smallest absolute Gasteiger partial charge is 0.0743 e. The van der Waals surface area contributed by atoms with Gasteiger partial charge in [-0.2, -0.15) is 0 Å². The Bertz CT molecular complexity index is 600. The predicted octanol–water partition coefficient (Wildman–Crippen LogP) is 2.35. The van der Waals surface area contributed by atoms with Crippen molar-refractivity contribution in [3.8, 4) is 0 Å². The van der Waals surface area contributed by atoms with E-state index in [4.69, 9.17) is 5.73 Å². The third-order valence-electron chi connectivity index (χ3n) is 4.28. The summed E-state index contributed by atoms with van der Waals surface area (Å²) in [6, 6.07) is 8.82. The van der Waals surface area contributed by atoms with Gasteiger partial charge in [-0.3, -0.25) is 4.98 Å². The van der Waals surface area contributed by atoms with Crippen molar-refractivity contribution in [2.75, 3.05) is 37.8 Å². The lowest BCUT2D eigenvalue weighted by Crippen LogP contribution is -2.42. The predicted molar refractivity (Wildman–Crippen MR) is 85.1 cm³/mol. The summed E-state index contributed by atoms with van der Waals surface area (Å²) in [7, 11) is 4.34. The van der Waals surface area contributed by atoms with E-state index in [-0.39, 0.29) is 0 Å². The van der Waals surface area contributed by atoms with Gasteiger partial charge in [0.2, 0.25) is 0 Å². The molecule has 1 aromatic carbocycles. The van der Waals surface area contributed by atoms with Crippen LogP contribution in [0.4, 0.5) is 11.4 Å². The summed E-state index contributed by atoms with van der Waals surface area (Å²) in [6.07, 6.45) is 4.31. The van der Waals surface area contributed by atoms with Crippen molar-refractivity contribution in [2.24, 2.45) is 0 Å². The van der Waals surface area contributed by atoms with Crippen LogP contribution in [0.2, 0.25) is 0 Å². The zero-order valence-electron chi connectivity index (χ0n) is 12.2. The van der Waals surface area contributed by atoms with Crippen molar-refractivity contribution >= 4 is 22.3 Å². The second kappa shape index (κ2) is 5.29. The van der Waals surface area contributed by atoms with E-state index in [9.17, 15) is 0 Å². The van der Waals surface area contributed by atoms with Crippen molar-refractivity contribution in [1.29, 1.82) is 0 Å². The highest BCUT2D eigenvalue weighted by molar-refractivity contribution is 5.93. The molecule has 2 heterocycles. The van der Waals surface area contributed by atoms with Gasteiger partial charge in [-0.15, -0.1) is 0 Å². The van der Waals surface area contributed by atoms with Crippen LogP contribution in [0.25, 0.3) is 10.9 Å². The van der Waals surface area contributed by atoms with Crippen LogP contribution in [0.5, 0.6) is 0 Å². The molecule has 1 aromatic heterocycles. The quantitative estimate of drug-likeness (QED) is 0.851. The maximum atomic E-state index is 5.84. The first-order valence-corrected chi connectivity index (χ1v) is 7.21. The Morgan fingerprint density at radius 1 is 1.20 bits per heavy atom. The summed E-state index contributed by atoms with van der Waals surface area (Å²) in [5.74, 6) is 0. The van der Waals surface area contributed by atoms with E-state index >= 15 is 0 Å². The van der Waals surface area contributed by atoms with Crippen LogP contribution < -0.4 is 10.6 Å². The molecule has 4 heteroatoms. The van der Waals surface area contributed by atoms with Gasteiger partial charge in [0.05, 0.1) is 5.52 Å². The molecule has 1 saturated heterocycles. The molecule has 20 heavy (non-hydrogen) atoms. The lowest BCUT2D eigenvalue weighted by Gasteiger charge is -2.36. The van der Waals surface area contributed by atoms with Crippen LogP contribution in [0.1, 0.15) is 12.8 Å². The number of fused-ring (bicyclic) bond motifs is 1. The fourth-order valence-electron chi connectivity index (χ4n) is 3.05. The number of pyridine rings is 1. The number of rotatable bonds is 2. The standard InChI is InChI=1S/C16H22N4/c1-19(2)13-6-9-20(10-7-13)16-5-8-18-15-11-12(17)3-4-14(15)16/h3-5,8,11,13H,6-7,9-10,17H2,1-2H3. The van der Waals surface area contributed by atoms with Gasteiger partial charge in [0, 0.05) is 42.1 Å². The highest BCUT2D eigenvalue weighted by atomic mass is 15.2. The van der Waals surface area contributed by atoms with Crippen molar-refractivity contribution < 1.29 is 0 Å². The average Bonchev–Trinajstić information content (AvgIpc) is 2.46. The number of aromatic nitrogens is 1. The normalized spacial score (nSPS) is 17.1. The molecule has 0 saturated carbocycles. The van der Waals surface area contributed by atoms with E-state index in [1.807, 2.05) is 18.3 Å². The van der Waals surface area contributed by atoms with E-state index < -0.39 is 0 Å². The number of piperidine rings is 1. The highest BCUT2D eigenvalue weighted by Crippen LogP contribution is 2.29. The van der Waals surface area contributed by atoms with E-state index in [0.717, 1.165) is 24.3 Å². The molecular weight excluding hydrogens is 248 g/mol. The Morgan fingerprint density at radius 3 is 2.65 bits per heavy atom. The molecule has 1 aliphatic heterocycles. The molecule has 1 fully saturated rings. The monoisotopic (exact) mass is 270 g/mol. The third-order valence-corrected chi connectivity index (χ3v) is 4.28. The van der Waals surface area contributed by atoms with Crippen molar-refractivity contribution in [3.05, 3.63) is 30.5 Å². The highest BCUT2D eigenvalue weighted by Gasteiger charge is 2.21. The number of anilines is 2. The fourth-order valence-corrected chi connectivity index (χ4v) is 3.05. The maximum absolute atomic E-state index is 5.84. The minimum atomic E-state index is 0.704. The summed E-state index contributed by atoms with van der Waals surface area (Å²) in [5, 5.41) is 1.20. The van der Waals surface area contributed by atoms with Crippen molar-refractivity contribution in [2.45, 2.75) is 18.9 Å². The van der Waals surface area contributed by atoms with Crippen LogP contribution in [0.15, 0.2) is 30.5 Å². The van der Waals surface area contributed by atoms with Gasteiger partial charge in [-0.05, 0) is 51.2 Å². The molecule has 0 radical (unpaired) electrons. The second-order valence-corrected chi connectivity index (χ2v) is 5.79. The SMILES string of the molecule is CN(C)C1CCN(c2ccnc3cc(N)ccc23)CC1. The van der Waals surface area contributed by atoms with Crippen LogP contribution in [-0.2, 0) is 0 Å². The van der Waals surface area contributed by atoms with E-state index in [2.05, 4.69) is 41.0 Å². The Hall–Kier alpha value is -1.81. The molecule has 0 spiro atoms. The largest absolute Gasteiger partial charge is 0.399 e. The zero-order chi connectivity index (χ0) is 14.1. The number of hydrogen-bond acceptors (Lipinski definition) is 4. The maximum Gasteiger partial charge on any atom is 0.0743 e. The fraction of sp³-hybridized carbons (Fsp3) is 0.438. The van der Waals surface area contributed by atoms with Gasteiger partial charge < -0.3 is 15.5 Å². The van der Waals surface area contributed by atoms with E-state index in [0.29, 0.717) is 6.04 Å². The minimum absolute atomic E-state index is 0.704. The lowest BCUT2D eigenvalue weighted by atomic mass is 10.0. The molecule has 0 atom stereocenters. The van der Waals surface area contributed by atoms with Crippen molar-refractivity contribution in [3.63, 3.8) is 0 Å². The molecule has 0 aliphatic carbocycles. The summed E-state index contributed by atoms with van der Waals surface area (Å²) in [5.41, 5.74) is 8.88. The van der Waals surface area contributed by atoms with Crippen LogP contribution in [-0.4, -0.2) is 43.1 Å². The van der Waals surface area contributed by atoms with Gasteiger partial charge >= 0.3 is 0 Å². The molecular formula is C16H22N4. The summed E-state index contributed by atoms with van der Waals surface area (Å²) in [6.45, 7) is 2.21. The van der Waals surface area contributed by atoms with Crippen LogP contribution in [0, 0.1) is 0 Å². The molecule has 3 rings (SSSR count). The van der Waals surface area contributed by atoms with E-state index in [1.54, 1.807) is 0 Å². The zero-order valence-corrected chi connectivity index (χ0v) is 12.2. The van der Waals surface area contributed by atoms with Gasteiger partial charge in [0.1, 0.15) is 0 Å². The van der Waals surface area contributed by atoms with Gasteiger partial charge in [-0.25, -0.2) is 0 Å². The molecule has 4 nitrogen and oxygen atoms in total. The van der Waals surface area contributed by atoms with Crippen LogP contribution >= 0.6 is 0 Å². The number of hydrogen-bond donors (Lipinski definition) is 1. The van der Waals surface area contributed by atoms with Crippen LogP contribution in [0.3, 0.4) is 0 Å². The first kappa shape index (κ1) is 13.2. The molecule has 2 aromatic rings. The Balaban J connectivity index is 1.88. The molecule has 0 amide bonds. The van der Waals surface area contributed by atoms with Gasteiger partial charge in [0.15, 0.2) is 0 Å². The molecule has 0 unspecified atom stereocenters. The lowest BCUT2D eigenvalue weighted by molar-refractivity contribution is 0.250. The van der Waals surface area contributed by atoms with Gasteiger partial charge in [0.25, 0.3) is 0 Å². The number of nitrogens with zero attached hydrogens (tertiary/aromatic N) is 3. The molecule has 0 bridgehead atoms. The minimum Gasteiger partial charge on any atom is -0.399 e. The number of benzene rings is 1. The molecule has 1 aliphatic rings. The van der Waals surface area contributed by atoms with Crippen molar-refractivity contribution in [1.82, 2.24) is 9.88 Å². The third kappa shape index (κ3) is 2.43. The van der Waals surface area contributed by atoms with E-state index in [1.165, 1.54) is 23.9 Å². The summed E-state index contributed by atoms with van der Waals surface area (Å²) >= 11 is 0. The summed E-state index contributed by atoms with van der Waals surface area (Å²) < 4.78 is 0. The Morgan fingerprint density at radius 2 is 1.95 bits per heavy atom. The Kier molecular flexibility index (Phi) is 3.49. The first-order valence-electron chi connectivity index (χ1n) is 7.21. The number of nitrogens with two attached hydrogens (primary N) is 1. The Labute approximate surface area is 120 Å². The summed E-state index contributed by atoms with van der Waals surface area (Å²) in [4.78, 5) is 9.23. The number of nitrogen functional groups attached to an aromatic ring is 1. The van der Waals surface area contributed by atoms with Gasteiger partial charge in [-0.1, -0.05) is 0 Å². The first-order chi connectivity index (χ1) is 9.65. The molecule has 106 valence electrons. The average molecular weight is 270 g/mol. The second-order valence-electron chi connectivity index (χ2n) is 5.79. The molecule has 2 N–H and O–H groups in total. The topological polar surface area (TPSA) is 45.4 Å².